The third-order valence-electron chi connectivity index (χ3n) is 2.94. The molecule has 106 valence electrons. The van der Waals surface area contributed by atoms with E-state index in [2.05, 4.69) is 4.74 Å². The van der Waals surface area contributed by atoms with Crippen LogP contribution in [-0.4, -0.2) is 68.0 Å². The number of carbonyl (C=O) groups excluding carboxylic acids is 1. The van der Waals surface area contributed by atoms with E-state index in [0.717, 1.165) is 4.31 Å². The highest BCUT2D eigenvalue weighted by Gasteiger charge is 2.31. The second-order valence-electron chi connectivity index (χ2n) is 4.31. The molecule has 1 fully saturated rings. The van der Waals surface area contributed by atoms with Crippen LogP contribution in [-0.2, 0) is 19.7 Å². The second kappa shape index (κ2) is 6.46. The Balaban J connectivity index is 2.58. The molecular weight excluding hydrogens is 260 g/mol. The zero-order chi connectivity index (χ0) is 13.8. The minimum atomic E-state index is -3.60. The zero-order valence-corrected chi connectivity index (χ0v) is 11.5. The number of aliphatic hydroxyl groups excluding tert-OH is 1. The monoisotopic (exact) mass is 280 g/mol. The first kappa shape index (κ1) is 15.4. The van der Waals surface area contributed by atoms with Crippen molar-refractivity contribution in [3.05, 3.63) is 0 Å². The number of methoxy groups -OCH3 is 1. The summed E-state index contributed by atoms with van der Waals surface area (Å²) in [5, 5.41) is 9.48. The summed E-state index contributed by atoms with van der Waals surface area (Å²) in [5.74, 6) is -0.448. The number of nitrogens with zero attached hydrogens (tertiary/aromatic N) is 2. The van der Waals surface area contributed by atoms with Crippen molar-refractivity contribution < 1.29 is 23.1 Å². The van der Waals surface area contributed by atoms with Crippen LogP contribution < -0.4 is 0 Å². The SMILES string of the molecule is COC(=O)CCN(C)S(=O)(=O)N1CCC[C@H](O)C1. The molecule has 1 heterocycles. The molecule has 0 amide bonds. The Morgan fingerprint density at radius 2 is 2.22 bits per heavy atom. The van der Waals surface area contributed by atoms with Gasteiger partial charge in [0.05, 0.1) is 19.6 Å². The van der Waals surface area contributed by atoms with Crippen LogP contribution in [0.1, 0.15) is 19.3 Å². The van der Waals surface area contributed by atoms with E-state index in [9.17, 15) is 18.3 Å². The predicted octanol–water partition coefficient (Wildman–Crippen LogP) is -0.817. The fourth-order valence-electron chi connectivity index (χ4n) is 1.79. The molecule has 0 radical (unpaired) electrons. The summed E-state index contributed by atoms with van der Waals surface area (Å²) in [5.41, 5.74) is 0. The maximum atomic E-state index is 12.1. The number of hydrogen-bond donors (Lipinski definition) is 1. The first-order chi connectivity index (χ1) is 8.37. The largest absolute Gasteiger partial charge is 0.469 e. The molecule has 0 aromatic carbocycles. The van der Waals surface area contributed by atoms with Gasteiger partial charge in [-0.2, -0.15) is 17.0 Å². The minimum Gasteiger partial charge on any atom is -0.469 e. The molecule has 8 heteroatoms. The van der Waals surface area contributed by atoms with Gasteiger partial charge in [-0.1, -0.05) is 0 Å². The molecule has 0 unspecified atom stereocenters. The summed E-state index contributed by atoms with van der Waals surface area (Å²) in [4.78, 5) is 11.0. The Kier molecular flexibility index (Phi) is 5.51. The smallest absolute Gasteiger partial charge is 0.306 e. The van der Waals surface area contributed by atoms with Crippen LogP contribution in [0.15, 0.2) is 0 Å². The van der Waals surface area contributed by atoms with Gasteiger partial charge in [0.25, 0.3) is 10.2 Å². The topological polar surface area (TPSA) is 87.2 Å². The summed E-state index contributed by atoms with van der Waals surface area (Å²) in [7, 11) is -0.922. The maximum absolute atomic E-state index is 12.1. The fraction of sp³-hybridized carbons (Fsp3) is 0.900. The average Bonchev–Trinajstić information content (AvgIpc) is 2.35. The third-order valence-corrected chi connectivity index (χ3v) is 4.89. The average molecular weight is 280 g/mol. The lowest BCUT2D eigenvalue weighted by Crippen LogP contribution is -2.48. The van der Waals surface area contributed by atoms with Crippen molar-refractivity contribution in [1.29, 1.82) is 0 Å². The molecular formula is C10H20N2O5S. The number of rotatable bonds is 5. The quantitative estimate of drug-likeness (QED) is 0.665. The molecule has 1 N–H and O–H groups in total. The van der Waals surface area contributed by atoms with Crippen molar-refractivity contribution in [3.63, 3.8) is 0 Å². The molecule has 0 saturated carbocycles. The lowest BCUT2D eigenvalue weighted by atomic mass is 10.1. The van der Waals surface area contributed by atoms with E-state index >= 15 is 0 Å². The Labute approximate surface area is 108 Å². The highest BCUT2D eigenvalue weighted by atomic mass is 32.2. The molecule has 1 atom stereocenters. The Bertz CT molecular complexity index is 384. The molecule has 0 aromatic heterocycles. The lowest BCUT2D eigenvalue weighted by molar-refractivity contribution is -0.140. The van der Waals surface area contributed by atoms with Gasteiger partial charge in [0.15, 0.2) is 0 Å². The van der Waals surface area contributed by atoms with Crippen LogP contribution in [0, 0.1) is 0 Å². The van der Waals surface area contributed by atoms with E-state index in [4.69, 9.17) is 0 Å². The summed E-state index contributed by atoms with van der Waals surface area (Å²) in [6.45, 7) is 0.592. The van der Waals surface area contributed by atoms with Crippen molar-refractivity contribution in [2.75, 3.05) is 33.8 Å². The van der Waals surface area contributed by atoms with E-state index < -0.39 is 22.3 Å². The number of ether oxygens (including phenoxy) is 1. The van der Waals surface area contributed by atoms with Crippen LogP contribution in [0.5, 0.6) is 0 Å². The van der Waals surface area contributed by atoms with Gasteiger partial charge in [-0.3, -0.25) is 4.79 Å². The van der Waals surface area contributed by atoms with Crippen LogP contribution in [0.25, 0.3) is 0 Å². The molecule has 1 rings (SSSR count). The molecule has 0 spiro atoms. The van der Waals surface area contributed by atoms with Gasteiger partial charge in [0.1, 0.15) is 0 Å². The van der Waals surface area contributed by atoms with E-state index in [1.807, 2.05) is 0 Å². The Morgan fingerprint density at radius 3 is 2.78 bits per heavy atom. The van der Waals surface area contributed by atoms with Crippen molar-refractivity contribution in [3.8, 4) is 0 Å². The van der Waals surface area contributed by atoms with E-state index in [1.165, 1.54) is 18.5 Å². The summed E-state index contributed by atoms with van der Waals surface area (Å²) >= 11 is 0. The first-order valence-electron chi connectivity index (χ1n) is 5.84. The number of carbonyl (C=O) groups is 1. The van der Waals surface area contributed by atoms with Gasteiger partial charge in [-0.15, -0.1) is 0 Å². The fourth-order valence-corrected chi connectivity index (χ4v) is 3.23. The van der Waals surface area contributed by atoms with Gasteiger partial charge in [0.2, 0.25) is 0 Å². The van der Waals surface area contributed by atoms with Crippen LogP contribution in [0.3, 0.4) is 0 Å². The highest BCUT2D eigenvalue weighted by molar-refractivity contribution is 7.86. The van der Waals surface area contributed by atoms with Crippen LogP contribution in [0.4, 0.5) is 0 Å². The van der Waals surface area contributed by atoms with Crippen LogP contribution in [0.2, 0.25) is 0 Å². The number of piperidine rings is 1. The highest BCUT2D eigenvalue weighted by Crippen LogP contribution is 2.16. The second-order valence-corrected chi connectivity index (χ2v) is 6.34. The van der Waals surface area contributed by atoms with Crippen LogP contribution >= 0.6 is 0 Å². The summed E-state index contributed by atoms with van der Waals surface area (Å²) in [6, 6.07) is 0. The van der Waals surface area contributed by atoms with E-state index in [0.29, 0.717) is 19.4 Å². The molecule has 7 nitrogen and oxygen atoms in total. The molecule has 18 heavy (non-hydrogen) atoms. The summed E-state index contributed by atoms with van der Waals surface area (Å²) < 4.78 is 31.1. The normalized spacial score (nSPS) is 22.1. The van der Waals surface area contributed by atoms with Crippen molar-refractivity contribution in [1.82, 2.24) is 8.61 Å². The third kappa shape index (κ3) is 3.91. The van der Waals surface area contributed by atoms with Gasteiger partial charge in [-0.05, 0) is 12.8 Å². The maximum Gasteiger partial charge on any atom is 0.306 e. The van der Waals surface area contributed by atoms with Gasteiger partial charge >= 0.3 is 5.97 Å². The lowest BCUT2D eigenvalue weighted by Gasteiger charge is -2.32. The molecule has 1 aliphatic heterocycles. The summed E-state index contributed by atoms with van der Waals surface area (Å²) in [6.07, 6.45) is 0.675. The number of hydrogen-bond acceptors (Lipinski definition) is 5. The van der Waals surface area contributed by atoms with Gasteiger partial charge < -0.3 is 9.84 Å². The molecule has 1 aliphatic rings. The minimum absolute atomic E-state index is 0.0165. The Hall–Kier alpha value is -0.700. The number of β-amino-alcohol motifs (C(OH)–C–C–N with tert-alkyl or cyclic N) is 1. The Morgan fingerprint density at radius 1 is 1.56 bits per heavy atom. The van der Waals surface area contributed by atoms with Crippen molar-refractivity contribution in [2.45, 2.75) is 25.4 Å². The molecule has 1 saturated heterocycles. The molecule has 0 bridgehead atoms. The van der Waals surface area contributed by atoms with E-state index in [1.54, 1.807) is 0 Å². The number of aliphatic hydroxyl groups is 1. The van der Waals surface area contributed by atoms with Crippen molar-refractivity contribution in [2.24, 2.45) is 0 Å². The standard InChI is InChI=1S/C10H20N2O5S/c1-11(7-5-10(14)17-2)18(15,16)12-6-3-4-9(13)8-12/h9,13H,3-8H2,1-2H3/t9-/m0/s1. The van der Waals surface area contributed by atoms with Crippen molar-refractivity contribution >= 4 is 16.2 Å². The van der Waals surface area contributed by atoms with Gasteiger partial charge in [-0.25, -0.2) is 0 Å². The molecule has 0 aliphatic carbocycles. The van der Waals surface area contributed by atoms with E-state index in [-0.39, 0.29) is 19.5 Å². The molecule has 0 aromatic rings. The number of esters is 1. The predicted molar refractivity (Wildman–Crippen MR) is 65.0 cm³/mol. The first-order valence-corrected chi connectivity index (χ1v) is 7.24. The van der Waals surface area contributed by atoms with Gasteiger partial charge in [0, 0.05) is 26.7 Å². The zero-order valence-electron chi connectivity index (χ0n) is 10.7.